The summed E-state index contributed by atoms with van der Waals surface area (Å²) in [5, 5.41) is 9.06. The SMILES string of the molecule is CC1(C)C(=O)CCC2(C)C1CCC1(C)C3CCC4(C(=O)C=CC(=O)O)CCCC4C3CCC12. The number of rotatable bonds is 3. The van der Waals surface area contributed by atoms with Gasteiger partial charge in [0, 0.05) is 23.3 Å². The van der Waals surface area contributed by atoms with Gasteiger partial charge in [-0.2, -0.15) is 0 Å². The van der Waals surface area contributed by atoms with Gasteiger partial charge in [0.25, 0.3) is 0 Å². The molecule has 0 aromatic rings. The Morgan fingerprint density at radius 2 is 1.58 bits per heavy atom. The van der Waals surface area contributed by atoms with Crippen molar-refractivity contribution in [2.45, 2.75) is 98.3 Å². The zero-order valence-electron chi connectivity index (χ0n) is 21.0. The molecule has 0 saturated heterocycles. The molecule has 33 heavy (non-hydrogen) atoms. The zero-order valence-corrected chi connectivity index (χ0v) is 21.0. The Hall–Kier alpha value is -1.45. The van der Waals surface area contributed by atoms with E-state index in [4.69, 9.17) is 5.11 Å². The van der Waals surface area contributed by atoms with Crippen LogP contribution in [0.1, 0.15) is 98.3 Å². The van der Waals surface area contributed by atoms with Crippen LogP contribution in [0.5, 0.6) is 0 Å². The fourth-order valence-corrected chi connectivity index (χ4v) is 10.8. The molecule has 0 radical (unpaired) electrons. The van der Waals surface area contributed by atoms with E-state index in [2.05, 4.69) is 27.7 Å². The van der Waals surface area contributed by atoms with Gasteiger partial charge in [-0.25, -0.2) is 4.79 Å². The van der Waals surface area contributed by atoms with Gasteiger partial charge in [-0.1, -0.05) is 34.1 Å². The van der Waals surface area contributed by atoms with Gasteiger partial charge in [0.2, 0.25) is 0 Å². The molecule has 5 fully saturated rings. The van der Waals surface area contributed by atoms with Crippen LogP contribution in [0.15, 0.2) is 12.2 Å². The maximum atomic E-state index is 13.3. The quantitative estimate of drug-likeness (QED) is 0.513. The number of carboxylic acid groups (broad SMARTS) is 1. The molecule has 1 N–H and O–H groups in total. The van der Waals surface area contributed by atoms with Crippen molar-refractivity contribution in [2.24, 2.45) is 51.2 Å². The minimum Gasteiger partial charge on any atom is -0.478 e. The van der Waals surface area contributed by atoms with E-state index in [-0.39, 0.29) is 22.0 Å². The van der Waals surface area contributed by atoms with E-state index in [1.54, 1.807) is 0 Å². The maximum absolute atomic E-state index is 13.3. The lowest BCUT2D eigenvalue weighted by atomic mass is 9.36. The van der Waals surface area contributed by atoms with E-state index >= 15 is 0 Å². The highest BCUT2D eigenvalue weighted by Crippen LogP contribution is 2.72. The molecule has 5 aliphatic rings. The Bertz CT molecular complexity index is 901. The summed E-state index contributed by atoms with van der Waals surface area (Å²) in [5.74, 6) is 2.30. The van der Waals surface area contributed by atoms with E-state index in [1.165, 1.54) is 25.3 Å². The number of allylic oxidation sites excluding steroid dienone is 1. The lowest BCUT2D eigenvalue weighted by Gasteiger charge is -2.68. The Balaban J connectivity index is 1.45. The minimum absolute atomic E-state index is 0.0707. The third-order valence-electron chi connectivity index (χ3n) is 12.1. The number of hydrogen-bond donors (Lipinski definition) is 1. The van der Waals surface area contributed by atoms with Gasteiger partial charge in [0.1, 0.15) is 5.78 Å². The van der Waals surface area contributed by atoms with Crippen LogP contribution in [0, 0.1) is 51.2 Å². The minimum atomic E-state index is -1.03. The largest absolute Gasteiger partial charge is 0.478 e. The molecule has 5 rings (SSSR count). The highest BCUT2D eigenvalue weighted by Gasteiger charge is 2.66. The number of Topliss-reactive ketones (excluding diaryl/α,β-unsaturated/α-hetero) is 1. The first kappa shape index (κ1) is 23.3. The van der Waals surface area contributed by atoms with Crippen LogP contribution < -0.4 is 0 Å². The second-order valence-corrected chi connectivity index (χ2v) is 13.4. The molecule has 8 atom stereocenters. The molecule has 4 heteroatoms. The third kappa shape index (κ3) is 3.11. The predicted molar refractivity (Wildman–Crippen MR) is 127 cm³/mol. The van der Waals surface area contributed by atoms with Crippen LogP contribution in [0.4, 0.5) is 0 Å². The fourth-order valence-electron chi connectivity index (χ4n) is 10.8. The van der Waals surface area contributed by atoms with Gasteiger partial charge in [-0.05, 0) is 104 Å². The summed E-state index contributed by atoms with van der Waals surface area (Å²) in [6, 6.07) is 0. The Morgan fingerprint density at radius 3 is 2.30 bits per heavy atom. The molecule has 4 nitrogen and oxygen atoms in total. The van der Waals surface area contributed by atoms with Gasteiger partial charge >= 0.3 is 5.97 Å². The van der Waals surface area contributed by atoms with Gasteiger partial charge in [-0.15, -0.1) is 0 Å². The van der Waals surface area contributed by atoms with Crippen LogP contribution in [0.2, 0.25) is 0 Å². The molecule has 0 aromatic heterocycles. The van der Waals surface area contributed by atoms with Crippen molar-refractivity contribution in [1.29, 1.82) is 0 Å². The predicted octanol–water partition coefficient (Wildman–Crippen LogP) is 6.23. The molecule has 0 aliphatic heterocycles. The van der Waals surface area contributed by atoms with Crippen molar-refractivity contribution < 1.29 is 19.5 Å². The average Bonchev–Trinajstić information content (AvgIpc) is 3.20. The molecule has 8 unspecified atom stereocenters. The lowest BCUT2D eigenvalue weighted by Crippen LogP contribution is -2.62. The molecule has 5 aliphatic carbocycles. The van der Waals surface area contributed by atoms with Crippen LogP contribution in [0.25, 0.3) is 0 Å². The van der Waals surface area contributed by atoms with Gasteiger partial charge in [-0.3, -0.25) is 9.59 Å². The Morgan fingerprint density at radius 1 is 0.818 bits per heavy atom. The number of carbonyl (C=O) groups is 3. The molecule has 0 spiro atoms. The van der Waals surface area contributed by atoms with Crippen LogP contribution >= 0.6 is 0 Å². The average molecular weight is 455 g/mol. The first-order valence-electron chi connectivity index (χ1n) is 13.5. The Kier molecular flexibility index (Phi) is 5.31. The first-order valence-corrected chi connectivity index (χ1v) is 13.5. The van der Waals surface area contributed by atoms with Crippen molar-refractivity contribution in [3.63, 3.8) is 0 Å². The smallest absolute Gasteiger partial charge is 0.328 e. The van der Waals surface area contributed by atoms with Gasteiger partial charge < -0.3 is 5.11 Å². The molecule has 0 bridgehead atoms. The van der Waals surface area contributed by atoms with Crippen molar-refractivity contribution in [3.05, 3.63) is 12.2 Å². The van der Waals surface area contributed by atoms with E-state index in [9.17, 15) is 14.4 Å². The van der Waals surface area contributed by atoms with Gasteiger partial charge in [0.15, 0.2) is 5.78 Å². The highest BCUT2D eigenvalue weighted by atomic mass is 16.4. The number of fused-ring (bicyclic) bond motifs is 7. The van der Waals surface area contributed by atoms with Crippen LogP contribution in [-0.4, -0.2) is 22.6 Å². The molecular weight excluding hydrogens is 412 g/mol. The number of carboxylic acids is 1. The zero-order chi connectivity index (χ0) is 23.8. The number of ketones is 2. The summed E-state index contributed by atoms with van der Waals surface area (Å²) in [6.07, 6.45) is 14.1. The standard InChI is InChI=1S/C29H42O4/c1-26(2)21-12-15-27(3)19-11-17-29(24(31)9-10-25(32)33)14-5-6-20(29)18(19)7-8-22(27)28(21,4)16-13-23(26)30/h9-10,18-22H,5-8,11-17H2,1-4H3,(H,32,33). The van der Waals surface area contributed by atoms with Crippen LogP contribution in [-0.2, 0) is 14.4 Å². The Labute approximate surface area is 199 Å². The molecule has 0 amide bonds. The molecule has 5 saturated carbocycles. The van der Waals surface area contributed by atoms with E-state index < -0.39 is 5.97 Å². The van der Waals surface area contributed by atoms with Crippen LogP contribution in [0.3, 0.4) is 0 Å². The molecule has 182 valence electrons. The maximum Gasteiger partial charge on any atom is 0.328 e. The lowest BCUT2D eigenvalue weighted by molar-refractivity contribution is -0.196. The summed E-state index contributed by atoms with van der Waals surface area (Å²) in [6.45, 7) is 9.48. The van der Waals surface area contributed by atoms with Crippen molar-refractivity contribution in [2.75, 3.05) is 0 Å². The van der Waals surface area contributed by atoms with Crippen molar-refractivity contribution in [3.8, 4) is 0 Å². The summed E-state index contributed by atoms with van der Waals surface area (Å²) < 4.78 is 0. The summed E-state index contributed by atoms with van der Waals surface area (Å²) in [5.41, 5.74) is -0.00309. The molecule has 0 aromatic carbocycles. The number of aliphatic carboxylic acids is 1. The van der Waals surface area contributed by atoms with Crippen molar-refractivity contribution >= 4 is 17.5 Å². The number of hydrogen-bond acceptors (Lipinski definition) is 3. The summed E-state index contributed by atoms with van der Waals surface area (Å²) in [4.78, 5) is 37.2. The normalized spacial score (nSPS) is 48.5. The monoisotopic (exact) mass is 454 g/mol. The van der Waals surface area contributed by atoms with E-state index in [1.807, 2.05) is 0 Å². The number of carbonyl (C=O) groups excluding carboxylic acids is 2. The van der Waals surface area contributed by atoms with Crippen molar-refractivity contribution in [1.82, 2.24) is 0 Å². The molecule has 0 heterocycles. The topological polar surface area (TPSA) is 71.4 Å². The third-order valence-corrected chi connectivity index (χ3v) is 12.1. The van der Waals surface area contributed by atoms with E-state index in [0.29, 0.717) is 40.8 Å². The first-order chi connectivity index (χ1) is 15.5. The fraction of sp³-hybridized carbons (Fsp3) is 0.828. The summed E-state index contributed by atoms with van der Waals surface area (Å²) in [7, 11) is 0. The second-order valence-electron chi connectivity index (χ2n) is 13.4. The summed E-state index contributed by atoms with van der Waals surface area (Å²) >= 11 is 0. The van der Waals surface area contributed by atoms with Gasteiger partial charge in [0.05, 0.1) is 0 Å². The highest BCUT2D eigenvalue weighted by molar-refractivity contribution is 5.99. The van der Waals surface area contributed by atoms with E-state index in [0.717, 1.165) is 57.4 Å². The molecular formula is C29H42O4. The second kappa shape index (κ2) is 7.52.